The van der Waals surface area contributed by atoms with Gasteiger partial charge in [0, 0.05) is 42.9 Å². The fourth-order valence-electron chi connectivity index (χ4n) is 12.1. The van der Waals surface area contributed by atoms with Gasteiger partial charge in [0.25, 0.3) is 0 Å². The zero-order valence-electron chi connectivity index (χ0n) is 62.8. The van der Waals surface area contributed by atoms with Crippen molar-refractivity contribution < 1.29 is 92.3 Å². The molecule has 1 aliphatic heterocycles. The summed E-state index contributed by atoms with van der Waals surface area (Å²) in [6, 6.07) is -4.67. The summed E-state index contributed by atoms with van der Waals surface area (Å²) in [5.74, 6) is -16.6. The van der Waals surface area contributed by atoms with E-state index in [9.17, 15) is 92.3 Å². The van der Waals surface area contributed by atoms with Crippen molar-refractivity contribution in [2.45, 2.75) is 223 Å². The number of fused-ring (bicyclic) bond motifs is 1. The molecule has 604 valence electrons. The Morgan fingerprint density at radius 3 is 1.72 bits per heavy atom. The molecule has 26 N–H and O–H groups in total. The Bertz CT molecular complexity index is 3610. The number of carbonyl (C=O) groups excluding carboxylic acids is 14. The van der Waals surface area contributed by atoms with Crippen molar-refractivity contribution in [2.24, 2.45) is 46.4 Å². The van der Waals surface area contributed by atoms with Crippen LogP contribution in [0, 0.1) is 17.8 Å². The number of carboxylic acids is 1. The first kappa shape index (κ1) is 91.0. The van der Waals surface area contributed by atoms with Crippen molar-refractivity contribution in [1.29, 1.82) is 0 Å². The van der Waals surface area contributed by atoms with Crippen LogP contribution >= 0.6 is 0 Å². The van der Waals surface area contributed by atoms with Crippen molar-refractivity contribution in [3.8, 4) is 5.75 Å². The number of benzene rings is 2. The van der Waals surface area contributed by atoms with E-state index < -0.39 is 212 Å². The highest BCUT2D eigenvalue weighted by molar-refractivity contribution is 6.00. The van der Waals surface area contributed by atoms with Gasteiger partial charge in [-0.1, -0.05) is 84.7 Å². The van der Waals surface area contributed by atoms with Gasteiger partial charge in [0.1, 0.15) is 72.2 Å². The molecule has 0 unspecified atom stereocenters. The van der Waals surface area contributed by atoms with Gasteiger partial charge in [0.05, 0.1) is 31.7 Å². The maximum Gasteiger partial charge on any atom is 0.326 e. The van der Waals surface area contributed by atoms with Gasteiger partial charge in [0.15, 0.2) is 0 Å². The highest BCUT2D eigenvalue weighted by atomic mass is 16.4. The Kier molecular flexibility index (Phi) is 37.9. The van der Waals surface area contributed by atoms with E-state index in [1.165, 1.54) is 30.9 Å². The van der Waals surface area contributed by atoms with E-state index in [1.54, 1.807) is 70.3 Å². The summed E-state index contributed by atoms with van der Waals surface area (Å²) in [5, 5.41) is 69.3. The Labute approximate surface area is 632 Å². The summed E-state index contributed by atoms with van der Waals surface area (Å²) in [7, 11) is 0. The minimum atomic E-state index is -1.88. The number of phenols is 1. The number of hydrogen-bond acceptors (Lipinski definition) is 21. The number of likely N-dealkylation sites (tertiary alicyclic amines) is 1. The molecule has 4 rings (SSSR count). The first-order valence-electron chi connectivity index (χ1n) is 36.7. The highest BCUT2D eigenvalue weighted by Gasteiger charge is 2.42. The molecular weight excluding hydrogens is 1420 g/mol. The van der Waals surface area contributed by atoms with E-state index >= 15 is 0 Å². The number of amides is 14. The summed E-state index contributed by atoms with van der Waals surface area (Å²) in [6.07, 6.45) is 0.813. The molecule has 2 heterocycles. The number of unbranched alkanes of at least 4 members (excludes halogenated alkanes) is 2. The number of aromatic nitrogens is 1. The van der Waals surface area contributed by atoms with Crippen LogP contribution in [0.1, 0.15) is 143 Å². The number of nitrogens with one attached hydrogen (secondary N) is 12. The largest absolute Gasteiger partial charge is 0.508 e. The lowest BCUT2D eigenvalue weighted by Gasteiger charge is -2.31. The van der Waals surface area contributed by atoms with Crippen LogP contribution in [-0.4, -0.2) is 230 Å². The van der Waals surface area contributed by atoms with Crippen LogP contribution in [0.5, 0.6) is 5.75 Å². The Balaban J connectivity index is 1.43. The van der Waals surface area contributed by atoms with E-state index in [1.807, 2.05) is 0 Å². The van der Waals surface area contributed by atoms with E-state index in [2.05, 4.69) is 63.5 Å². The van der Waals surface area contributed by atoms with Gasteiger partial charge < -0.3 is 117 Å². The molecule has 14 atom stereocenters. The van der Waals surface area contributed by atoms with Crippen molar-refractivity contribution in [2.75, 3.05) is 32.8 Å². The number of carbonyl (C=O) groups is 15. The minimum absolute atomic E-state index is 0.0169. The number of hydrogen-bond donors (Lipinski definition) is 21. The Morgan fingerprint density at radius 2 is 1.13 bits per heavy atom. The number of nitrogens with zero attached hydrogens (tertiary/aromatic N) is 1. The summed E-state index contributed by atoms with van der Waals surface area (Å²) in [6.45, 7) is 9.45. The summed E-state index contributed by atoms with van der Waals surface area (Å²) < 4.78 is 0. The third-order valence-corrected chi connectivity index (χ3v) is 18.5. The molecular formula is C72H112N18O19. The standard InChI is InChI=1S/C72H112N18O19/c1-8-39(6)59(69(105)82-47(19-12-14-28-74)63(99)85-52(72(108)109)32-42-34-78-46-18-10-9-16-44(42)46)88-66(102)53(36-91)86-70(106)60(40(7)92)89-65(101)49(30-37(2)3)80-57(96)35-79-62(98)50(33-56(77)95)83-68(104)58(38(4)5)87-64(100)48(25-26-55(76)94)81-67(103)54-20-15-29-90(54)71(107)51(31-41-21-23-43(93)24-22-41)84-61(97)45(75)17-11-13-27-73/h9-10,16,18,21-24,34,37-40,45,47-54,58-60,78,91-93H,8,11-15,17,19-20,25-33,35-36,73-75H2,1-7H3,(H2,76,94)(H2,77,95)(H,79,98)(H,80,96)(H,81,103)(H,82,105)(H,83,104)(H,84,97)(H,85,99)(H,86,106)(H,87,100)(H,88,102)(H,89,101)(H,108,109)/t39-,40+,45-,47-,48-,49-,50-,51-,52-,53-,54-,58-,59-,60-/m0/s1. The van der Waals surface area contributed by atoms with Crippen LogP contribution in [0.2, 0.25) is 0 Å². The molecule has 1 aliphatic rings. The molecule has 0 aliphatic carbocycles. The summed E-state index contributed by atoms with van der Waals surface area (Å²) >= 11 is 0. The molecule has 0 spiro atoms. The van der Waals surface area contributed by atoms with Crippen LogP contribution in [0.4, 0.5) is 0 Å². The number of aliphatic hydroxyl groups excluding tert-OH is 2. The first-order chi connectivity index (χ1) is 51.5. The number of H-pyrrole nitrogens is 1. The van der Waals surface area contributed by atoms with Crippen LogP contribution in [0.25, 0.3) is 10.9 Å². The second-order valence-electron chi connectivity index (χ2n) is 28.2. The van der Waals surface area contributed by atoms with Crippen molar-refractivity contribution in [3.63, 3.8) is 0 Å². The first-order valence-corrected chi connectivity index (χ1v) is 36.7. The van der Waals surface area contributed by atoms with Crippen LogP contribution in [0.3, 0.4) is 0 Å². The minimum Gasteiger partial charge on any atom is -0.508 e. The number of aromatic amines is 1. The molecule has 1 aromatic heterocycles. The molecule has 37 heteroatoms. The van der Waals surface area contributed by atoms with Crippen molar-refractivity contribution in [3.05, 3.63) is 65.9 Å². The number of para-hydroxylation sites is 1. The number of aromatic hydroxyl groups is 1. The fraction of sp³-hybridized carbons (Fsp3) is 0.597. The smallest absolute Gasteiger partial charge is 0.326 e. The zero-order valence-corrected chi connectivity index (χ0v) is 62.8. The average molecular weight is 1530 g/mol. The Morgan fingerprint density at radius 1 is 0.578 bits per heavy atom. The van der Waals surface area contributed by atoms with Gasteiger partial charge in [0.2, 0.25) is 82.7 Å². The lowest BCUT2D eigenvalue weighted by Crippen LogP contribution is -2.62. The van der Waals surface area contributed by atoms with Crippen LogP contribution in [-0.2, 0) is 84.8 Å². The lowest BCUT2D eigenvalue weighted by molar-refractivity contribution is -0.142. The Hall–Kier alpha value is -10.4. The van der Waals surface area contributed by atoms with Crippen LogP contribution < -0.4 is 87.2 Å². The van der Waals surface area contributed by atoms with E-state index in [0.717, 1.165) is 17.8 Å². The van der Waals surface area contributed by atoms with Gasteiger partial charge in [-0.3, -0.25) is 67.1 Å². The summed E-state index contributed by atoms with van der Waals surface area (Å²) in [4.78, 5) is 209. The van der Waals surface area contributed by atoms with E-state index in [4.69, 9.17) is 28.7 Å². The number of carboxylic acid groups (broad SMARTS) is 1. The molecule has 0 bridgehead atoms. The van der Waals surface area contributed by atoms with Crippen molar-refractivity contribution >= 4 is 99.6 Å². The molecule has 0 radical (unpaired) electrons. The quantitative estimate of drug-likeness (QED) is 0.0237. The predicted molar refractivity (Wildman–Crippen MR) is 397 cm³/mol. The third-order valence-electron chi connectivity index (χ3n) is 18.5. The number of phenolic OH excluding ortho intramolecular Hbond substituents is 1. The number of aliphatic hydroxyl groups is 2. The normalized spacial score (nSPS) is 16.3. The molecule has 109 heavy (non-hydrogen) atoms. The van der Waals surface area contributed by atoms with E-state index in [-0.39, 0.29) is 69.7 Å². The lowest BCUT2D eigenvalue weighted by atomic mass is 9.97. The van der Waals surface area contributed by atoms with Gasteiger partial charge in [-0.25, -0.2) is 4.79 Å². The molecule has 3 aromatic rings. The number of nitrogens with two attached hydrogens (primary N) is 5. The van der Waals surface area contributed by atoms with Gasteiger partial charge >= 0.3 is 5.97 Å². The number of primary amides is 2. The molecule has 14 amide bonds. The SMILES string of the molecule is CC[C@H](C)[C@H](NC(=O)[C@H](CO)NC(=O)[C@@H](NC(=O)[C@H](CC(C)C)NC(=O)CNC(=O)[C@H](CC(N)=O)NC(=O)[C@@H](NC(=O)[C@H](CCC(N)=O)NC(=O)[C@@H]1CCCN1C(=O)[C@H](Cc1ccc(O)cc1)NC(=O)[C@@H](N)CCCCN)C(C)C)[C@@H](C)O)C(=O)N[C@@H](CCCCN)C(=O)N[C@@H](Cc1c[nH]c2ccccc12)C(=O)O. The van der Waals surface area contributed by atoms with Crippen molar-refractivity contribution in [1.82, 2.24) is 68.4 Å². The number of rotatable bonds is 48. The maximum atomic E-state index is 14.4. The third kappa shape index (κ3) is 29.6. The van der Waals surface area contributed by atoms with Gasteiger partial charge in [-0.2, -0.15) is 0 Å². The molecule has 37 nitrogen and oxygen atoms in total. The summed E-state index contributed by atoms with van der Waals surface area (Å²) in [5.41, 5.74) is 30.4. The second-order valence-corrected chi connectivity index (χ2v) is 28.2. The maximum absolute atomic E-state index is 14.4. The molecule has 0 saturated carbocycles. The monoisotopic (exact) mass is 1530 g/mol. The van der Waals surface area contributed by atoms with Crippen LogP contribution in [0.15, 0.2) is 54.7 Å². The zero-order chi connectivity index (χ0) is 81.4. The second kappa shape index (κ2) is 45.4. The van der Waals surface area contributed by atoms with Gasteiger partial charge in [-0.15, -0.1) is 0 Å². The molecule has 1 saturated heterocycles. The molecule has 1 fully saturated rings. The predicted octanol–water partition coefficient (Wildman–Crippen LogP) is -4.45. The topological polar surface area (TPSA) is 618 Å². The highest BCUT2D eigenvalue weighted by Crippen LogP contribution is 2.23. The van der Waals surface area contributed by atoms with E-state index in [0.29, 0.717) is 49.8 Å². The fourth-order valence-corrected chi connectivity index (χ4v) is 12.1. The average Bonchev–Trinajstić information content (AvgIpc) is 1.75. The van der Waals surface area contributed by atoms with Gasteiger partial charge in [-0.05, 0) is 125 Å². The molecule has 2 aromatic carbocycles. The number of aliphatic carboxylic acids is 1.